The van der Waals surface area contributed by atoms with Crippen LogP contribution in [0.15, 0.2) is 39.9 Å². The summed E-state index contributed by atoms with van der Waals surface area (Å²) in [7, 11) is 1.44. The largest absolute Gasteiger partial charge is 0.504 e. The van der Waals surface area contributed by atoms with Crippen molar-refractivity contribution in [3.05, 3.63) is 56.0 Å². The first-order valence-corrected chi connectivity index (χ1v) is 7.82. The molecule has 0 fully saturated rings. The van der Waals surface area contributed by atoms with E-state index in [9.17, 15) is 9.90 Å². The fraction of sp³-hybridized carbons (Fsp3) is 0.0667. The third-order valence-corrected chi connectivity index (χ3v) is 3.84. The van der Waals surface area contributed by atoms with E-state index in [1.54, 1.807) is 18.2 Å². The molecule has 0 radical (unpaired) electrons. The minimum absolute atomic E-state index is 0.0850. The molecule has 23 heavy (non-hydrogen) atoms. The minimum Gasteiger partial charge on any atom is -0.504 e. The first-order chi connectivity index (χ1) is 10.9. The highest BCUT2D eigenvalue weighted by atomic mass is 79.9. The fourth-order valence-corrected chi connectivity index (χ4v) is 2.69. The van der Waals surface area contributed by atoms with Crippen LogP contribution in [-0.2, 0) is 0 Å². The van der Waals surface area contributed by atoms with Crippen molar-refractivity contribution in [3.63, 3.8) is 0 Å². The molecule has 8 heteroatoms. The maximum Gasteiger partial charge on any atom is 0.272 e. The number of rotatable bonds is 4. The van der Waals surface area contributed by atoms with Crippen molar-refractivity contribution in [1.82, 2.24) is 5.43 Å². The van der Waals surface area contributed by atoms with Crippen molar-refractivity contribution >= 4 is 51.3 Å². The van der Waals surface area contributed by atoms with Crippen molar-refractivity contribution in [2.45, 2.75) is 0 Å². The molecule has 0 aliphatic carbocycles. The standard InChI is InChI=1S/C15H11BrCl2N2O3/c1-23-13-5-9(16)4-8(14(13)21)7-19-20-15(22)11-3-2-10(17)6-12(11)18/h2-7,21H,1H3,(H,20,22). The molecule has 0 aromatic heterocycles. The number of carbonyl (C=O) groups is 1. The highest BCUT2D eigenvalue weighted by Crippen LogP contribution is 2.32. The van der Waals surface area contributed by atoms with Gasteiger partial charge in [-0.1, -0.05) is 39.1 Å². The van der Waals surface area contributed by atoms with Gasteiger partial charge in [0.1, 0.15) is 0 Å². The van der Waals surface area contributed by atoms with Crippen LogP contribution in [0.2, 0.25) is 10.0 Å². The molecule has 120 valence electrons. The molecule has 1 amide bonds. The lowest BCUT2D eigenvalue weighted by molar-refractivity contribution is 0.0955. The molecule has 0 heterocycles. The van der Waals surface area contributed by atoms with Crippen molar-refractivity contribution < 1.29 is 14.6 Å². The molecule has 2 aromatic carbocycles. The second-order valence-electron chi connectivity index (χ2n) is 4.37. The first kappa shape index (κ1) is 17.6. The number of benzene rings is 2. The Morgan fingerprint density at radius 2 is 2.09 bits per heavy atom. The number of phenolic OH excluding ortho intramolecular Hbond substituents is 1. The van der Waals surface area contributed by atoms with Gasteiger partial charge in [-0.05, 0) is 30.3 Å². The van der Waals surface area contributed by atoms with Gasteiger partial charge in [-0.3, -0.25) is 4.79 Å². The topological polar surface area (TPSA) is 70.9 Å². The summed E-state index contributed by atoms with van der Waals surface area (Å²) in [6.45, 7) is 0. The van der Waals surface area contributed by atoms with E-state index >= 15 is 0 Å². The number of methoxy groups -OCH3 is 1. The summed E-state index contributed by atoms with van der Waals surface area (Å²) in [5, 5.41) is 14.4. The number of amides is 1. The smallest absolute Gasteiger partial charge is 0.272 e. The van der Waals surface area contributed by atoms with Crippen LogP contribution in [0.1, 0.15) is 15.9 Å². The van der Waals surface area contributed by atoms with Gasteiger partial charge >= 0.3 is 0 Å². The van der Waals surface area contributed by atoms with E-state index < -0.39 is 5.91 Å². The number of phenols is 1. The Labute approximate surface area is 151 Å². The minimum atomic E-state index is -0.496. The SMILES string of the molecule is COc1cc(Br)cc(C=NNC(=O)c2ccc(Cl)cc2Cl)c1O. The van der Waals surface area contributed by atoms with Crippen LogP contribution in [0, 0.1) is 0 Å². The van der Waals surface area contributed by atoms with E-state index in [1.807, 2.05) is 0 Å². The molecular formula is C15H11BrCl2N2O3. The third-order valence-electron chi connectivity index (χ3n) is 2.83. The van der Waals surface area contributed by atoms with E-state index in [0.29, 0.717) is 15.1 Å². The molecule has 0 aliphatic heterocycles. The fourth-order valence-electron chi connectivity index (χ4n) is 1.74. The number of carbonyl (C=O) groups excluding carboxylic acids is 1. The number of halogens is 3. The number of hydrazone groups is 1. The van der Waals surface area contributed by atoms with Crippen molar-refractivity contribution in [3.8, 4) is 11.5 Å². The van der Waals surface area contributed by atoms with E-state index in [4.69, 9.17) is 27.9 Å². The van der Waals surface area contributed by atoms with Crippen LogP contribution in [0.3, 0.4) is 0 Å². The second-order valence-corrected chi connectivity index (χ2v) is 6.13. The summed E-state index contributed by atoms with van der Waals surface area (Å²) in [4.78, 5) is 12.0. The van der Waals surface area contributed by atoms with Crippen molar-refractivity contribution in [2.24, 2.45) is 5.10 Å². The monoisotopic (exact) mass is 416 g/mol. The molecular weight excluding hydrogens is 407 g/mol. The summed E-state index contributed by atoms with van der Waals surface area (Å²) in [6.07, 6.45) is 1.30. The van der Waals surface area contributed by atoms with Gasteiger partial charge in [0.05, 0.1) is 23.9 Å². The highest BCUT2D eigenvalue weighted by Gasteiger charge is 2.11. The van der Waals surface area contributed by atoms with Gasteiger partial charge in [0.25, 0.3) is 5.91 Å². The normalized spacial score (nSPS) is 10.8. The van der Waals surface area contributed by atoms with Gasteiger partial charge in [0, 0.05) is 15.1 Å². The molecule has 2 rings (SSSR count). The van der Waals surface area contributed by atoms with Crippen LogP contribution in [-0.4, -0.2) is 24.3 Å². The summed E-state index contributed by atoms with van der Waals surface area (Å²) in [5.74, 6) is -0.296. The van der Waals surface area contributed by atoms with Crippen LogP contribution < -0.4 is 10.2 Å². The Bertz CT molecular complexity index is 782. The van der Waals surface area contributed by atoms with Crippen LogP contribution in [0.25, 0.3) is 0 Å². The Balaban J connectivity index is 2.16. The van der Waals surface area contributed by atoms with Gasteiger partial charge in [-0.25, -0.2) is 5.43 Å². The second kappa shape index (κ2) is 7.68. The average Bonchev–Trinajstić information content (AvgIpc) is 2.50. The molecule has 0 spiro atoms. The molecule has 0 saturated carbocycles. The summed E-state index contributed by atoms with van der Waals surface area (Å²) in [5.41, 5.74) is 2.94. The van der Waals surface area contributed by atoms with E-state index in [1.165, 1.54) is 25.5 Å². The molecule has 0 aliphatic rings. The maximum atomic E-state index is 12.0. The Kier molecular flexibility index (Phi) is 5.87. The Hall–Kier alpha value is -1.76. The van der Waals surface area contributed by atoms with Gasteiger partial charge in [0.2, 0.25) is 0 Å². The highest BCUT2D eigenvalue weighted by molar-refractivity contribution is 9.10. The Morgan fingerprint density at radius 3 is 2.74 bits per heavy atom. The predicted octanol–water partition coefficient (Wildman–Crippen LogP) is 4.23. The lowest BCUT2D eigenvalue weighted by atomic mass is 10.2. The molecule has 0 bridgehead atoms. The molecule has 2 N–H and O–H groups in total. The third kappa shape index (κ3) is 4.37. The number of nitrogens with one attached hydrogen (secondary N) is 1. The average molecular weight is 418 g/mol. The molecule has 0 atom stereocenters. The zero-order valence-electron chi connectivity index (χ0n) is 11.8. The van der Waals surface area contributed by atoms with Gasteiger partial charge in [-0.15, -0.1) is 0 Å². The van der Waals surface area contributed by atoms with Gasteiger partial charge in [0.15, 0.2) is 11.5 Å². The van der Waals surface area contributed by atoms with Crippen molar-refractivity contribution in [1.29, 1.82) is 0 Å². The van der Waals surface area contributed by atoms with E-state index in [-0.39, 0.29) is 22.1 Å². The zero-order chi connectivity index (χ0) is 17.0. The molecule has 5 nitrogen and oxygen atoms in total. The zero-order valence-corrected chi connectivity index (χ0v) is 14.9. The van der Waals surface area contributed by atoms with E-state index in [2.05, 4.69) is 26.5 Å². The predicted molar refractivity (Wildman–Crippen MR) is 93.9 cm³/mol. The van der Waals surface area contributed by atoms with Crippen molar-refractivity contribution in [2.75, 3.05) is 7.11 Å². The lowest BCUT2D eigenvalue weighted by Gasteiger charge is -2.07. The van der Waals surface area contributed by atoms with E-state index in [0.717, 1.165) is 0 Å². The van der Waals surface area contributed by atoms with Crippen LogP contribution in [0.5, 0.6) is 11.5 Å². The van der Waals surface area contributed by atoms with Crippen LogP contribution >= 0.6 is 39.1 Å². The molecule has 0 unspecified atom stereocenters. The number of hydrogen-bond acceptors (Lipinski definition) is 4. The quantitative estimate of drug-likeness (QED) is 0.577. The Morgan fingerprint density at radius 1 is 1.35 bits per heavy atom. The number of aromatic hydroxyl groups is 1. The molecule has 2 aromatic rings. The summed E-state index contributed by atoms with van der Waals surface area (Å²) in [6, 6.07) is 7.75. The van der Waals surface area contributed by atoms with Gasteiger partial charge in [-0.2, -0.15) is 5.10 Å². The van der Waals surface area contributed by atoms with Gasteiger partial charge < -0.3 is 9.84 Å². The summed E-state index contributed by atoms with van der Waals surface area (Å²) < 4.78 is 5.73. The number of nitrogens with zero attached hydrogens (tertiary/aromatic N) is 1. The van der Waals surface area contributed by atoms with Crippen LogP contribution in [0.4, 0.5) is 0 Å². The summed E-state index contributed by atoms with van der Waals surface area (Å²) >= 11 is 15.0. The maximum absolute atomic E-state index is 12.0. The first-order valence-electron chi connectivity index (χ1n) is 6.27. The number of hydrogen-bond donors (Lipinski definition) is 2. The lowest BCUT2D eigenvalue weighted by Crippen LogP contribution is -2.18. The molecule has 0 saturated heterocycles. The number of ether oxygens (including phenoxy) is 1.